The zero-order chi connectivity index (χ0) is 28.7. The zero-order valence-electron chi connectivity index (χ0n) is 22.0. The van der Waals surface area contributed by atoms with Crippen LogP contribution < -0.4 is 43.7 Å². The van der Waals surface area contributed by atoms with Crippen LogP contribution in [-0.4, -0.2) is 62.8 Å². The van der Waals surface area contributed by atoms with Crippen molar-refractivity contribution >= 4 is 150 Å². The van der Waals surface area contributed by atoms with Crippen molar-refractivity contribution in [3.05, 3.63) is 72.8 Å². The fourth-order valence-corrected chi connectivity index (χ4v) is 6.09. The smallest absolute Gasteiger partial charge is 0.136 e. The third-order valence-corrected chi connectivity index (χ3v) is 8.05. The topological polar surface area (TPSA) is 13.1 Å². The van der Waals surface area contributed by atoms with Gasteiger partial charge in [-0.1, -0.05) is 82.5 Å². The van der Waals surface area contributed by atoms with Crippen LogP contribution in [0.15, 0.2) is 77.2 Å². The van der Waals surface area contributed by atoms with Crippen LogP contribution in [0.4, 0.5) is 0 Å². The summed E-state index contributed by atoms with van der Waals surface area (Å²) in [6.07, 6.45) is 0. The van der Waals surface area contributed by atoms with E-state index in [0.29, 0.717) is 38.3 Å². The highest BCUT2D eigenvalue weighted by Gasteiger charge is 2.26. The standard InChI is InChI=1S/C32H12B8O/c33-25-21-18(13-7-2-1-3-8-13)22-24(28(36)32(40)30(38)26(22)34)20(23(21)27(35)31(39)29(25)37)15-10-6-12-17-19(15)14-9-4-5-11-16(14)41-17/h1-12H. The molecule has 7 aromatic rings. The quantitative estimate of drug-likeness (QED) is 0.233. The third-order valence-electron chi connectivity index (χ3n) is 8.05. The number of hydrogen-bond donors (Lipinski definition) is 0. The van der Waals surface area contributed by atoms with Gasteiger partial charge >= 0.3 is 0 Å². The summed E-state index contributed by atoms with van der Waals surface area (Å²) < 4.78 is 6.22. The van der Waals surface area contributed by atoms with Gasteiger partial charge in [0.05, 0.1) is 0 Å². The van der Waals surface area contributed by atoms with E-state index in [2.05, 4.69) is 0 Å². The maximum atomic E-state index is 6.84. The van der Waals surface area contributed by atoms with Crippen molar-refractivity contribution in [2.45, 2.75) is 0 Å². The van der Waals surface area contributed by atoms with Crippen molar-refractivity contribution in [1.82, 2.24) is 0 Å². The molecular formula is C32H12B8O. The lowest BCUT2D eigenvalue weighted by atomic mass is 9.59. The fourth-order valence-electron chi connectivity index (χ4n) is 6.09. The van der Waals surface area contributed by atoms with E-state index in [0.717, 1.165) is 27.5 Å². The summed E-state index contributed by atoms with van der Waals surface area (Å²) in [5.41, 5.74) is 6.11. The van der Waals surface area contributed by atoms with Crippen molar-refractivity contribution < 1.29 is 4.42 Å². The molecule has 0 N–H and O–H groups in total. The molecule has 0 saturated heterocycles. The summed E-state index contributed by atoms with van der Waals surface area (Å²) in [5, 5.41) is 4.10. The number of benzene rings is 6. The van der Waals surface area contributed by atoms with Gasteiger partial charge in [0.15, 0.2) is 0 Å². The highest BCUT2D eigenvalue weighted by molar-refractivity contribution is 6.71. The molecule has 0 bridgehead atoms. The van der Waals surface area contributed by atoms with Gasteiger partial charge in [-0.05, 0) is 55.9 Å². The Morgan fingerprint density at radius 1 is 0.366 bits per heavy atom. The zero-order valence-corrected chi connectivity index (χ0v) is 22.0. The van der Waals surface area contributed by atoms with Crippen LogP contribution in [0.2, 0.25) is 0 Å². The first-order valence-corrected chi connectivity index (χ1v) is 12.9. The molecule has 0 aliphatic heterocycles. The normalized spacial score (nSPS) is 11.7. The molecule has 0 atom stereocenters. The third kappa shape index (κ3) is 3.54. The van der Waals surface area contributed by atoms with Crippen molar-refractivity contribution in [3.8, 4) is 22.3 Å². The van der Waals surface area contributed by atoms with E-state index in [4.69, 9.17) is 67.2 Å². The molecule has 0 amide bonds. The maximum absolute atomic E-state index is 6.84. The Balaban J connectivity index is 1.89. The lowest BCUT2D eigenvalue weighted by Crippen LogP contribution is -2.50. The van der Waals surface area contributed by atoms with E-state index in [1.54, 1.807) is 0 Å². The highest BCUT2D eigenvalue weighted by atomic mass is 16.3. The number of rotatable bonds is 2. The molecule has 41 heavy (non-hydrogen) atoms. The molecule has 0 unspecified atom stereocenters. The minimum absolute atomic E-state index is 0.175. The average molecular weight is 499 g/mol. The highest BCUT2D eigenvalue weighted by Crippen LogP contribution is 2.44. The van der Waals surface area contributed by atoms with Gasteiger partial charge in [-0.15, -0.1) is 21.9 Å². The Labute approximate surface area is 248 Å². The summed E-state index contributed by atoms with van der Waals surface area (Å²) in [5.74, 6) is 0. The van der Waals surface area contributed by atoms with Crippen LogP contribution in [0.3, 0.4) is 0 Å². The predicted molar refractivity (Wildman–Crippen MR) is 183 cm³/mol. The molecule has 0 aliphatic carbocycles. The lowest BCUT2D eigenvalue weighted by molar-refractivity contribution is 0.669. The summed E-state index contributed by atoms with van der Waals surface area (Å²) in [6.45, 7) is 0. The summed E-state index contributed by atoms with van der Waals surface area (Å²) in [4.78, 5) is 0. The molecule has 9 heteroatoms. The molecule has 0 aliphatic rings. The van der Waals surface area contributed by atoms with Gasteiger partial charge in [-0.2, -0.15) is 0 Å². The molecule has 1 aromatic heterocycles. The van der Waals surface area contributed by atoms with E-state index < -0.39 is 0 Å². The largest absolute Gasteiger partial charge is 0.456 e. The van der Waals surface area contributed by atoms with Gasteiger partial charge in [0.1, 0.15) is 73.9 Å². The number of fused-ring (bicyclic) bond motifs is 5. The van der Waals surface area contributed by atoms with Gasteiger partial charge in [0.25, 0.3) is 0 Å². The van der Waals surface area contributed by atoms with Crippen molar-refractivity contribution in [2.24, 2.45) is 0 Å². The Morgan fingerprint density at radius 2 is 0.829 bits per heavy atom. The first kappa shape index (κ1) is 26.1. The number of hydrogen-bond acceptors (Lipinski definition) is 1. The van der Waals surface area contributed by atoms with Crippen molar-refractivity contribution in [1.29, 1.82) is 0 Å². The fraction of sp³-hybridized carbons (Fsp3) is 0. The molecule has 1 nitrogen and oxygen atoms in total. The minimum Gasteiger partial charge on any atom is -0.456 e. The van der Waals surface area contributed by atoms with Crippen LogP contribution in [0.1, 0.15) is 0 Å². The Morgan fingerprint density at radius 3 is 1.39 bits per heavy atom. The van der Waals surface area contributed by atoms with E-state index in [9.17, 15) is 0 Å². The molecule has 7 rings (SSSR count). The second-order valence-corrected chi connectivity index (χ2v) is 10.2. The van der Waals surface area contributed by atoms with Crippen molar-refractivity contribution in [3.63, 3.8) is 0 Å². The minimum atomic E-state index is 0.175. The predicted octanol–water partition coefficient (Wildman–Crippen LogP) is -0.423. The first-order valence-electron chi connectivity index (χ1n) is 12.9. The molecule has 16 radical (unpaired) electrons. The van der Waals surface area contributed by atoms with Gasteiger partial charge in [-0.3, -0.25) is 0 Å². The molecule has 1 heterocycles. The van der Waals surface area contributed by atoms with E-state index in [1.165, 1.54) is 0 Å². The summed E-state index contributed by atoms with van der Waals surface area (Å²) in [6, 6.07) is 23.2. The summed E-state index contributed by atoms with van der Waals surface area (Å²) >= 11 is 0. The Kier molecular flexibility index (Phi) is 5.95. The van der Waals surface area contributed by atoms with E-state index in [-0.39, 0.29) is 43.7 Å². The second kappa shape index (κ2) is 9.35. The van der Waals surface area contributed by atoms with E-state index in [1.807, 2.05) is 72.8 Å². The molecule has 0 spiro atoms. The number of furan rings is 1. The van der Waals surface area contributed by atoms with Gasteiger partial charge in [0, 0.05) is 10.8 Å². The van der Waals surface area contributed by atoms with Crippen LogP contribution in [0.25, 0.3) is 65.7 Å². The van der Waals surface area contributed by atoms with Crippen LogP contribution >= 0.6 is 0 Å². The number of para-hydroxylation sites is 1. The summed E-state index contributed by atoms with van der Waals surface area (Å²) in [7, 11) is 53.1. The first-order chi connectivity index (χ1) is 19.7. The van der Waals surface area contributed by atoms with Gasteiger partial charge < -0.3 is 4.42 Å². The van der Waals surface area contributed by atoms with Crippen molar-refractivity contribution in [2.75, 3.05) is 0 Å². The molecule has 0 fully saturated rings. The SMILES string of the molecule is [B]c1c([B])c([B])c2c(-c3cccc4oc5ccccc5c34)c3c([B])c([B])c([B])c([B])c3c(-c3ccccc3)c2c1[B]. The maximum Gasteiger partial charge on any atom is 0.136 e. The monoisotopic (exact) mass is 500 g/mol. The Hall–Kier alpha value is -3.84. The molecule has 0 saturated carbocycles. The second-order valence-electron chi connectivity index (χ2n) is 10.2. The average Bonchev–Trinajstić information content (AvgIpc) is 3.38. The van der Waals surface area contributed by atoms with Gasteiger partial charge in [-0.25, -0.2) is 0 Å². The van der Waals surface area contributed by atoms with Crippen LogP contribution in [0, 0.1) is 0 Å². The lowest BCUT2D eigenvalue weighted by Gasteiger charge is -2.28. The molecule has 6 aromatic carbocycles. The Bertz CT molecular complexity index is 2160. The van der Waals surface area contributed by atoms with Crippen LogP contribution in [-0.2, 0) is 0 Å². The van der Waals surface area contributed by atoms with Gasteiger partial charge in [0.2, 0.25) is 0 Å². The molecule has 170 valence electrons. The van der Waals surface area contributed by atoms with Crippen LogP contribution in [0.5, 0.6) is 0 Å². The molecular weight excluding hydrogens is 487 g/mol. The van der Waals surface area contributed by atoms with E-state index >= 15 is 0 Å².